The summed E-state index contributed by atoms with van der Waals surface area (Å²) in [5.41, 5.74) is 2.32. The Bertz CT molecular complexity index is 1550. The molecule has 200 valence electrons. The van der Waals surface area contributed by atoms with E-state index in [1.54, 1.807) is 12.1 Å². The van der Waals surface area contributed by atoms with Crippen molar-refractivity contribution in [1.29, 1.82) is 0 Å². The Labute approximate surface area is 226 Å². The Balaban J connectivity index is 1.42. The quantitative estimate of drug-likeness (QED) is 0.260. The molecule has 38 heavy (non-hydrogen) atoms. The number of para-hydroxylation sites is 1. The van der Waals surface area contributed by atoms with Crippen molar-refractivity contribution in [3.8, 4) is 5.75 Å². The fourth-order valence-corrected chi connectivity index (χ4v) is 5.07. The molecule has 0 aliphatic rings. The molecule has 3 aromatic carbocycles. The van der Waals surface area contributed by atoms with Gasteiger partial charge < -0.3 is 15.0 Å². The summed E-state index contributed by atoms with van der Waals surface area (Å²) in [5.74, 6) is 0.431. The molecule has 0 saturated carbocycles. The zero-order valence-corrected chi connectivity index (χ0v) is 22.7. The monoisotopic (exact) mass is 609 g/mol. The zero-order valence-electron chi connectivity index (χ0n) is 20.3. The van der Waals surface area contributed by atoms with Crippen molar-refractivity contribution in [3.63, 3.8) is 0 Å². The normalized spacial score (nSPS) is 11.9. The number of alkyl halides is 3. The summed E-state index contributed by atoms with van der Waals surface area (Å²) in [4.78, 5) is 10.5. The SMILES string of the molecule is CN(C)c1nc(NCc2ccc(CNS(=O)(=O)c3ccc(Br)cc3OC(F)(F)F)cc2)nc2ccccc12. The lowest BCUT2D eigenvalue weighted by atomic mass is 10.1. The average Bonchev–Trinajstić information content (AvgIpc) is 2.85. The molecule has 0 spiro atoms. The summed E-state index contributed by atoms with van der Waals surface area (Å²) in [5, 5.41) is 4.14. The van der Waals surface area contributed by atoms with Gasteiger partial charge in [0.1, 0.15) is 10.7 Å². The highest BCUT2D eigenvalue weighted by Gasteiger charge is 2.34. The second-order valence-electron chi connectivity index (χ2n) is 8.42. The summed E-state index contributed by atoms with van der Waals surface area (Å²) >= 11 is 3.02. The molecule has 0 aliphatic carbocycles. The highest BCUT2D eigenvalue weighted by atomic mass is 79.9. The lowest BCUT2D eigenvalue weighted by Gasteiger charge is -2.16. The van der Waals surface area contributed by atoms with Gasteiger partial charge >= 0.3 is 6.36 Å². The van der Waals surface area contributed by atoms with Gasteiger partial charge in [-0.25, -0.2) is 18.1 Å². The van der Waals surface area contributed by atoms with Crippen molar-refractivity contribution in [2.24, 2.45) is 0 Å². The van der Waals surface area contributed by atoms with Crippen LogP contribution in [0.1, 0.15) is 11.1 Å². The Morgan fingerprint density at radius 2 is 1.61 bits per heavy atom. The predicted octanol–water partition coefficient (Wildman–Crippen LogP) is 5.45. The molecule has 0 fully saturated rings. The molecular formula is C25H23BrF3N5O3S. The van der Waals surface area contributed by atoms with Crippen LogP contribution < -0.4 is 19.7 Å². The van der Waals surface area contributed by atoms with E-state index >= 15 is 0 Å². The molecule has 13 heteroatoms. The minimum Gasteiger partial charge on any atom is -0.404 e. The smallest absolute Gasteiger partial charge is 0.404 e. The first-order valence-electron chi connectivity index (χ1n) is 11.2. The third-order valence-corrected chi connectivity index (χ3v) is 7.30. The minimum absolute atomic E-state index is 0.127. The van der Waals surface area contributed by atoms with Crippen molar-refractivity contribution in [3.05, 3.63) is 82.3 Å². The first-order valence-corrected chi connectivity index (χ1v) is 13.5. The Hall–Kier alpha value is -3.42. The number of rotatable bonds is 9. The Morgan fingerprint density at radius 3 is 2.26 bits per heavy atom. The third-order valence-electron chi connectivity index (χ3n) is 5.37. The van der Waals surface area contributed by atoms with Crippen LogP contribution >= 0.6 is 15.9 Å². The number of fused-ring (bicyclic) bond motifs is 1. The Kier molecular flexibility index (Phi) is 8.09. The molecule has 0 bridgehead atoms. The van der Waals surface area contributed by atoms with Crippen molar-refractivity contribution in [2.75, 3.05) is 24.3 Å². The topological polar surface area (TPSA) is 96.5 Å². The molecular weight excluding hydrogens is 587 g/mol. The van der Waals surface area contributed by atoms with Crippen molar-refractivity contribution in [1.82, 2.24) is 14.7 Å². The van der Waals surface area contributed by atoms with Gasteiger partial charge in [0.05, 0.1) is 5.52 Å². The Morgan fingerprint density at radius 1 is 0.947 bits per heavy atom. The van der Waals surface area contributed by atoms with Gasteiger partial charge in [-0.1, -0.05) is 52.3 Å². The number of anilines is 2. The van der Waals surface area contributed by atoms with Crippen LogP contribution in [0, 0.1) is 0 Å². The van der Waals surface area contributed by atoms with Crippen molar-refractivity contribution < 1.29 is 26.3 Å². The first kappa shape index (κ1) is 27.6. The van der Waals surface area contributed by atoms with Crippen LogP contribution in [0.15, 0.2) is 76.1 Å². The van der Waals surface area contributed by atoms with Crippen LogP contribution in [-0.4, -0.2) is 38.8 Å². The highest BCUT2D eigenvalue weighted by molar-refractivity contribution is 9.10. The molecule has 4 rings (SSSR count). The number of nitrogens with one attached hydrogen (secondary N) is 2. The highest BCUT2D eigenvalue weighted by Crippen LogP contribution is 2.32. The van der Waals surface area contributed by atoms with Gasteiger partial charge in [0.15, 0.2) is 5.75 Å². The maximum absolute atomic E-state index is 12.8. The summed E-state index contributed by atoms with van der Waals surface area (Å²) in [6.07, 6.45) is -5.04. The van der Waals surface area contributed by atoms with E-state index in [0.717, 1.165) is 34.4 Å². The lowest BCUT2D eigenvalue weighted by Crippen LogP contribution is -2.25. The van der Waals surface area contributed by atoms with E-state index in [4.69, 9.17) is 0 Å². The molecule has 0 radical (unpaired) electrons. The second kappa shape index (κ2) is 11.1. The molecule has 4 aromatic rings. The number of halogens is 4. The van der Waals surface area contributed by atoms with E-state index in [1.807, 2.05) is 55.4 Å². The van der Waals surface area contributed by atoms with E-state index in [-0.39, 0.29) is 11.0 Å². The second-order valence-corrected chi connectivity index (χ2v) is 11.1. The molecule has 8 nitrogen and oxygen atoms in total. The van der Waals surface area contributed by atoms with Gasteiger partial charge in [-0.3, -0.25) is 0 Å². The number of nitrogens with zero attached hydrogens (tertiary/aromatic N) is 3. The van der Waals surface area contributed by atoms with Crippen LogP contribution in [0.25, 0.3) is 10.9 Å². The van der Waals surface area contributed by atoms with Crippen molar-refractivity contribution in [2.45, 2.75) is 24.3 Å². The maximum atomic E-state index is 12.8. The van der Waals surface area contributed by atoms with Gasteiger partial charge in [-0.2, -0.15) is 4.98 Å². The van der Waals surface area contributed by atoms with Gasteiger partial charge in [-0.05, 0) is 41.5 Å². The number of benzene rings is 3. The van der Waals surface area contributed by atoms with Crippen LogP contribution in [-0.2, 0) is 23.1 Å². The number of sulfonamides is 1. The van der Waals surface area contributed by atoms with Gasteiger partial charge in [0.2, 0.25) is 16.0 Å². The van der Waals surface area contributed by atoms with Gasteiger partial charge in [-0.15, -0.1) is 13.2 Å². The van der Waals surface area contributed by atoms with E-state index < -0.39 is 27.0 Å². The molecule has 0 atom stereocenters. The predicted molar refractivity (Wildman–Crippen MR) is 142 cm³/mol. The van der Waals surface area contributed by atoms with Crippen LogP contribution in [0.2, 0.25) is 0 Å². The largest absolute Gasteiger partial charge is 0.573 e. The molecule has 1 aromatic heterocycles. The van der Waals surface area contributed by atoms with E-state index in [2.05, 4.69) is 40.7 Å². The fourth-order valence-electron chi connectivity index (χ4n) is 3.60. The number of hydrogen-bond donors (Lipinski definition) is 2. The number of ether oxygens (including phenoxy) is 1. The number of hydrogen-bond acceptors (Lipinski definition) is 7. The molecule has 0 aliphatic heterocycles. The zero-order chi connectivity index (χ0) is 27.5. The van der Waals surface area contributed by atoms with Gasteiger partial charge in [0.25, 0.3) is 0 Å². The minimum atomic E-state index is -5.04. The third kappa shape index (κ3) is 6.91. The summed E-state index contributed by atoms with van der Waals surface area (Å²) in [6.45, 7) is 0.297. The van der Waals surface area contributed by atoms with E-state index in [0.29, 0.717) is 18.1 Å². The van der Waals surface area contributed by atoms with Crippen LogP contribution in [0.4, 0.5) is 24.9 Å². The summed E-state index contributed by atoms with van der Waals surface area (Å²) in [6, 6.07) is 18.1. The lowest BCUT2D eigenvalue weighted by molar-refractivity contribution is -0.275. The fraction of sp³-hybridized carbons (Fsp3) is 0.200. The molecule has 0 saturated heterocycles. The number of aromatic nitrogens is 2. The maximum Gasteiger partial charge on any atom is 0.573 e. The standard InChI is InChI=1S/C25H23BrF3N5O3S/c1-34(2)23-19-5-3-4-6-20(19)32-24(33-23)30-14-16-7-9-17(10-8-16)15-31-38(35,36)22-12-11-18(26)13-21(22)37-25(27,28)29/h3-13,31H,14-15H2,1-2H3,(H,30,32,33). The van der Waals surface area contributed by atoms with E-state index in [9.17, 15) is 21.6 Å². The van der Waals surface area contributed by atoms with Crippen LogP contribution in [0.5, 0.6) is 5.75 Å². The summed E-state index contributed by atoms with van der Waals surface area (Å²) in [7, 11) is -0.474. The van der Waals surface area contributed by atoms with Gasteiger partial charge in [0, 0.05) is 37.0 Å². The van der Waals surface area contributed by atoms with E-state index in [1.165, 1.54) is 6.07 Å². The summed E-state index contributed by atoms with van der Waals surface area (Å²) < 4.78 is 70.2. The van der Waals surface area contributed by atoms with Crippen molar-refractivity contribution >= 4 is 48.6 Å². The van der Waals surface area contributed by atoms with Crippen LogP contribution in [0.3, 0.4) is 0 Å². The molecule has 2 N–H and O–H groups in total. The molecule has 0 amide bonds. The molecule has 1 heterocycles. The average molecular weight is 610 g/mol. The first-order chi connectivity index (χ1) is 17.9. The molecule has 0 unspecified atom stereocenters.